The second-order valence-corrected chi connectivity index (χ2v) is 5.99. The first-order valence-electron chi connectivity index (χ1n) is 6.69. The van der Waals surface area contributed by atoms with Crippen LogP contribution in [-0.2, 0) is 4.74 Å². The topological polar surface area (TPSA) is 48.6 Å². The van der Waals surface area contributed by atoms with Crippen molar-refractivity contribution in [3.05, 3.63) is 22.4 Å². The molecule has 0 aromatic carbocycles. The summed E-state index contributed by atoms with van der Waals surface area (Å²) in [4.78, 5) is 19.7. The summed E-state index contributed by atoms with van der Waals surface area (Å²) in [5.41, 5.74) is 0.662. The second-order valence-electron chi connectivity index (χ2n) is 5.07. The van der Waals surface area contributed by atoms with Crippen LogP contribution in [0.3, 0.4) is 0 Å². The molecule has 0 bridgehead atoms. The first-order chi connectivity index (χ1) is 9.24. The number of hydrogen-bond donors (Lipinski definition) is 1. The number of carbonyl (C=O) groups is 1. The number of nitrogens with one attached hydrogen (secondary N) is 1. The van der Waals surface area contributed by atoms with Gasteiger partial charge in [-0.1, -0.05) is 0 Å². The Bertz CT molecular complexity index is 456. The van der Waals surface area contributed by atoms with E-state index in [1.165, 1.54) is 0 Å². The van der Waals surface area contributed by atoms with Gasteiger partial charge in [-0.25, -0.2) is 0 Å². The number of aromatic nitrogens is 1. The molecule has 1 N–H and O–H groups in total. The van der Waals surface area contributed by atoms with Crippen LogP contribution < -0.4 is 0 Å². The molecule has 2 fully saturated rings. The Morgan fingerprint density at radius 1 is 1.37 bits per heavy atom. The van der Waals surface area contributed by atoms with Crippen molar-refractivity contribution in [2.24, 2.45) is 0 Å². The molecular weight excluding hydrogens is 310 g/mol. The molecule has 104 valence electrons. The third-order valence-corrected chi connectivity index (χ3v) is 4.35. The molecule has 2 aliphatic rings. The first-order valence-corrected chi connectivity index (χ1v) is 7.48. The average molecular weight is 328 g/mol. The summed E-state index contributed by atoms with van der Waals surface area (Å²) in [5.74, 6) is 0.0986. The Hall–Kier alpha value is -0.850. The van der Waals surface area contributed by atoms with Gasteiger partial charge in [-0.2, -0.15) is 0 Å². The smallest absolute Gasteiger partial charge is 0.270 e. The van der Waals surface area contributed by atoms with Crippen LogP contribution in [0.15, 0.2) is 16.7 Å². The summed E-state index contributed by atoms with van der Waals surface area (Å²) >= 11 is 3.36. The SMILES string of the molecule is O=C(c1cc(Br)c[nH]1)N1CCC(N2CCOCC2)C1. The molecule has 1 atom stereocenters. The highest BCUT2D eigenvalue weighted by Gasteiger charge is 2.31. The maximum Gasteiger partial charge on any atom is 0.270 e. The van der Waals surface area contributed by atoms with Crippen molar-refractivity contribution < 1.29 is 9.53 Å². The summed E-state index contributed by atoms with van der Waals surface area (Å²) in [6, 6.07) is 2.33. The first kappa shape index (κ1) is 13.1. The Kier molecular flexibility index (Phi) is 3.91. The zero-order chi connectivity index (χ0) is 13.2. The number of halogens is 1. The van der Waals surface area contributed by atoms with E-state index in [0.29, 0.717) is 11.7 Å². The van der Waals surface area contributed by atoms with Crippen LogP contribution in [0, 0.1) is 0 Å². The van der Waals surface area contributed by atoms with E-state index in [-0.39, 0.29) is 5.91 Å². The summed E-state index contributed by atoms with van der Waals surface area (Å²) < 4.78 is 6.29. The van der Waals surface area contributed by atoms with Gasteiger partial charge in [-0.15, -0.1) is 0 Å². The minimum Gasteiger partial charge on any atom is -0.379 e. The summed E-state index contributed by atoms with van der Waals surface area (Å²) in [7, 11) is 0. The molecule has 0 spiro atoms. The highest BCUT2D eigenvalue weighted by atomic mass is 79.9. The molecule has 3 rings (SSSR count). The number of H-pyrrole nitrogens is 1. The lowest BCUT2D eigenvalue weighted by Crippen LogP contribution is -2.45. The molecule has 1 aromatic rings. The molecule has 0 saturated carbocycles. The van der Waals surface area contributed by atoms with Crippen molar-refractivity contribution in [3.63, 3.8) is 0 Å². The van der Waals surface area contributed by atoms with Gasteiger partial charge in [-0.05, 0) is 28.4 Å². The lowest BCUT2D eigenvalue weighted by molar-refractivity contribution is 0.0185. The van der Waals surface area contributed by atoms with Crippen molar-refractivity contribution in [1.82, 2.24) is 14.8 Å². The second kappa shape index (κ2) is 5.64. The third-order valence-electron chi connectivity index (χ3n) is 3.89. The molecule has 5 nitrogen and oxygen atoms in total. The van der Waals surface area contributed by atoms with Crippen LogP contribution in [0.5, 0.6) is 0 Å². The van der Waals surface area contributed by atoms with Crippen molar-refractivity contribution in [1.29, 1.82) is 0 Å². The zero-order valence-electron chi connectivity index (χ0n) is 10.8. The van der Waals surface area contributed by atoms with E-state index in [1.54, 1.807) is 6.20 Å². The fraction of sp³-hybridized carbons (Fsp3) is 0.615. The molecule has 3 heterocycles. The van der Waals surface area contributed by atoms with Gasteiger partial charge >= 0.3 is 0 Å². The maximum absolute atomic E-state index is 12.3. The van der Waals surface area contributed by atoms with E-state index < -0.39 is 0 Å². The van der Waals surface area contributed by atoms with Crippen LogP contribution in [-0.4, -0.2) is 66.1 Å². The standard InChI is InChI=1S/C13H18BrN3O2/c14-10-7-12(15-8-10)13(18)17-2-1-11(9-17)16-3-5-19-6-4-16/h7-8,11,15H,1-6,9H2. The van der Waals surface area contributed by atoms with Crippen molar-refractivity contribution in [3.8, 4) is 0 Å². The van der Waals surface area contributed by atoms with Gasteiger partial charge in [-0.3, -0.25) is 9.69 Å². The highest BCUT2D eigenvalue weighted by Crippen LogP contribution is 2.20. The number of ether oxygens (including phenoxy) is 1. The van der Waals surface area contributed by atoms with Crippen LogP contribution in [0.4, 0.5) is 0 Å². The van der Waals surface area contributed by atoms with E-state index in [2.05, 4.69) is 25.8 Å². The number of hydrogen-bond acceptors (Lipinski definition) is 3. The Morgan fingerprint density at radius 2 is 2.16 bits per heavy atom. The highest BCUT2D eigenvalue weighted by molar-refractivity contribution is 9.10. The normalized spacial score (nSPS) is 24.9. The molecule has 1 aromatic heterocycles. The average Bonchev–Trinajstić information content (AvgIpc) is 3.08. The van der Waals surface area contributed by atoms with Gasteiger partial charge < -0.3 is 14.6 Å². The van der Waals surface area contributed by atoms with Gasteiger partial charge in [0, 0.05) is 42.9 Å². The van der Waals surface area contributed by atoms with Crippen LogP contribution in [0.25, 0.3) is 0 Å². The molecule has 2 aliphatic heterocycles. The van der Waals surface area contributed by atoms with E-state index >= 15 is 0 Å². The van der Waals surface area contributed by atoms with Crippen LogP contribution in [0.2, 0.25) is 0 Å². The van der Waals surface area contributed by atoms with Gasteiger partial charge in [0.1, 0.15) is 5.69 Å². The van der Waals surface area contributed by atoms with Crippen molar-refractivity contribution >= 4 is 21.8 Å². The van der Waals surface area contributed by atoms with Gasteiger partial charge in [0.25, 0.3) is 5.91 Å². The third kappa shape index (κ3) is 2.85. The van der Waals surface area contributed by atoms with Gasteiger partial charge in [0.2, 0.25) is 0 Å². The molecule has 1 unspecified atom stereocenters. The number of carbonyl (C=O) groups excluding carboxylic acids is 1. The van der Waals surface area contributed by atoms with Crippen molar-refractivity contribution in [2.45, 2.75) is 12.5 Å². The maximum atomic E-state index is 12.3. The lowest BCUT2D eigenvalue weighted by atomic mass is 10.2. The minimum absolute atomic E-state index is 0.0986. The fourth-order valence-corrected chi connectivity index (χ4v) is 3.17. The Morgan fingerprint density at radius 3 is 2.84 bits per heavy atom. The number of amides is 1. The van der Waals surface area contributed by atoms with Gasteiger partial charge in [0.05, 0.1) is 13.2 Å². The predicted molar refractivity (Wildman–Crippen MR) is 75.2 cm³/mol. The van der Waals surface area contributed by atoms with Gasteiger partial charge in [0.15, 0.2) is 0 Å². The summed E-state index contributed by atoms with van der Waals surface area (Å²) in [5, 5.41) is 0. The molecular formula is C13H18BrN3O2. The number of aromatic amines is 1. The lowest BCUT2D eigenvalue weighted by Gasteiger charge is -2.32. The van der Waals surface area contributed by atoms with E-state index in [1.807, 2.05) is 11.0 Å². The fourth-order valence-electron chi connectivity index (χ4n) is 2.83. The summed E-state index contributed by atoms with van der Waals surface area (Å²) in [6.45, 7) is 5.27. The van der Waals surface area contributed by atoms with Crippen LogP contribution >= 0.6 is 15.9 Å². The van der Waals surface area contributed by atoms with Crippen molar-refractivity contribution in [2.75, 3.05) is 39.4 Å². The number of morpholine rings is 1. The van der Waals surface area contributed by atoms with E-state index in [0.717, 1.165) is 50.3 Å². The molecule has 0 aliphatic carbocycles. The number of likely N-dealkylation sites (tertiary alicyclic amines) is 1. The molecule has 6 heteroatoms. The zero-order valence-corrected chi connectivity index (χ0v) is 12.4. The molecule has 1 amide bonds. The molecule has 2 saturated heterocycles. The summed E-state index contributed by atoms with van der Waals surface area (Å²) in [6.07, 6.45) is 2.86. The van der Waals surface area contributed by atoms with E-state index in [4.69, 9.17) is 4.74 Å². The minimum atomic E-state index is 0.0986. The van der Waals surface area contributed by atoms with E-state index in [9.17, 15) is 4.79 Å². The largest absolute Gasteiger partial charge is 0.379 e. The van der Waals surface area contributed by atoms with Crippen LogP contribution in [0.1, 0.15) is 16.9 Å². The molecule has 19 heavy (non-hydrogen) atoms. The molecule has 0 radical (unpaired) electrons. The number of nitrogens with zero attached hydrogens (tertiary/aromatic N) is 2. The number of rotatable bonds is 2. The quantitative estimate of drug-likeness (QED) is 0.891. The Labute approximate surface area is 121 Å². The predicted octanol–water partition coefficient (Wildman–Crippen LogP) is 1.32. The monoisotopic (exact) mass is 327 g/mol. The Balaban J connectivity index is 1.60.